The number of halogens is 1. The molecule has 1 aliphatic rings. The zero-order valence-corrected chi connectivity index (χ0v) is 14.0. The van der Waals surface area contributed by atoms with Gasteiger partial charge in [-0.25, -0.2) is 0 Å². The van der Waals surface area contributed by atoms with Crippen LogP contribution in [0.4, 0.5) is 0 Å². The Morgan fingerprint density at radius 1 is 1.14 bits per heavy atom. The Hall–Kier alpha value is -1.58. The van der Waals surface area contributed by atoms with E-state index in [1.807, 2.05) is 0 Å². The fourth-order valence-corrected chi connectivity index (χ4v) is 3.94. The minimum atomic E-state index is 0.517. The third-order valence-electron chi connectivity index (χ3n) is 4.63. The molecular formula is C19H19BrN2. The second-order valence-corrected chi connectivity index (χ2v) is 6.96. The Morgan fingerprint density at radius 3 is 2.86 bits per heavy atom. The molecule has 0 bridgehead atoms. The van der Waals surface area contributed by atoms with E-state index in [1.165, 1.54) is 41.4 Å². The van der Waals surface area contributed by atoms with Crippen LogP contribution in [0.5, 0.6) is 0 Å². The van der Waals surface area contributed by atoms with Crippen molar-refractivity contribution in [3.05, 3.63) is 70.3 Å². The molecule has 22 heavy (non-hydrogen) atoms. The van der Waals surface area contributed by atoms with Crippen LogP contribution >= 0.6 is 15.9 Å². The standard InChI is InChI=1S/C19H19BrN2/c20-15-8-9-18-16(11-15)17(12-21-18)19-7-4-10-22(19)13-14-5-2-1-3-6-14/h1-3,5-6,8-9,11-12,19,21H,4,7,10,13H2. The van der Waals surface area contributed by atoms with Crippen molar-refractivity contribution in [2.75, 3.05) is 6.54 Å². The van der Waals surface area contributed by atoms with Crippen LogP contribution in [0.15, 0.2) is 59.2 Å². The summed E-state index contributed by atoms with van der Waals surface area (Å²) in [6.45, 7) is 2.21. The van der Waals surface area contributed by atoms with Crippen molar-refractivity contribution in [3.63, 3.8) is 0 Å². The molecule has 1 aliphatic heterocycles. The Balaban J connectivity index is 1.66. The van der Waals surface area contributed by atoms with Crippen molar-refractivity contribution in [1.82, 2.24) is 9.88 Å². The normalized spacial score (nSPS) is 19.0. The maximum absolute atomic E-state index is 3.60. The molecule has 4 rings (SSSR count). The number of aromatic amines is 1. The minimum absolute atomic E-state index is 0.517. The van der Waals surface area contributed by atoms with Crippen LogP contribution in [-0.4, -0.2) is 16.4 Å². The van der Waals surface area contributed by atoms with Crippen LogP contribution in [0.2, 0.25) is 0 Å². The van der Waals surface area contributed by atoms with Crippen LogP contribution in [0.1, 0.15) is 30.0 Å². The van der Waals surface area contributed by atoms with E-state index in [0.29, 0.717) is 6.04 Å². The molecule has 0 spiro atoms. The predicted octanol–water partition coefficient (Wildman–Crippen LogP) is 5.27. The van der Waals surface area contributed by atoms with Gasteiger partial charge in [-0.15, -0.1) is 0 Å². The van der Waals surface area contributed by atoms with E-state index < -0.39 is 0 Å². The number of aromatic nitrogens is 1. The maximum atomic E-state index is 3.60. The lowest BCUT2D eigenvalue weighted by atomic mass is 10.0. The van der Waals surface area contributed by atoms with Gasteiger partial charge >= 0.3 is 0 Å². The minimum Gasteiger partial charge on any atom is -0.361 e. The molecule has 2 nitrogen and oxygen atoms in total. The molecular weight excluding hydrogens is 336 g/mol. The smallest absolute Gasteiger partial charge is 0.0458 e. The molecule has 1 unspecified atom stereocenters. The van der Waals surface area contributed by atoms with Gasteiger partial charge in [0.15, 0.2) is 0 Å². The van der Waals surface area contributed by atoms with E-state index in [1.54, 1.807) is 0 Å². The lowest BCUT2D eigenvalue weighted by Gasteiger charge is -2.24. The molecule has 3 heteroatoms. The van der Waals surface area contributed by atoms with Gasteiger partial charge in [0.1, 0.15) is 0 Å². The predicted molar refractivity (Wildman–Crippen MR) is 94.8 cm³/mol. The SMILES string of the molecule is Brc1ccc2[nH]cc(C3CCCN3Cc3ccccc3)c2c1. The van der Waals surface area contributed by atoms with Gasteiger partial charge in [-0.05, 0) is 48.7 Å². The molecule has 2 aromatic carbocycles. The Morgan fingerprint density at radius 2 is 2.00 bits per heavy atom. The summed E-state index contributed by atoms with van der Waals surface area (Å²) in [5, 5.41) is 1.35. The van der Waals surface area contributed by atoms with Gasteiger partial charge in [-0.3, -0.25) is 4.90 Å². The molecule has 1 atom stereocenters. The van der Waals surface area contributed by atoms with E-state index >= 15 is 0 Å². The van der Waals surface area contributed by atoms with Crippen LogP contribution in [0.3, 0.4) is 0 Å². The Labute approximate surface area is 139 Å². The molecule has 0 amide bonds. The zero-order chi connectivity index (χ0) is 14.9. The Kier molecular flexibility index (Phi) is 3.77. The number of benzene rings is 2. The first-order chi connectivity index (χ1) is 10.8. The summed E-state index contributed by atoms with van der Waals surface area (Å²) in [6, 6.07) is 17.8. The third-order valence-corrected chi connectivity index (χ3v) is 5.12. The summed E-state index contributed by atoms with van der Waals surface area (Å²) >= 11 is 3.60. The molecule has 0 aliphatic carbocycles. The highest BCUT2D eigenvalue weighted by atomic mass is 79.9. The van der Waals surface area contributed by atoms with Gasteiger partial charge in [0, 0.05) is 34.2 Å². The first kappa shape index (κ1) is 14.0. The molecule has 0 radical (unpaired) electrons. The maximum Gasteiger partial charge on any atom is 0.0458 e. The number of hydrogen-bond donors (Lipinski definition) is 1. The van der Waals surface area contributed by atoms with Gasteiger partial charge in [0.05, 0.1) is 0 Å². The van der Waals surface area contributed by atoms with Crippen molar-refractivity contribution in [2.24, 2.45) is 0 Å². The second-order valence-electron chi connectivity index (χ2n) is 6.05. The van der Waals surface area contributed by atoms with Crippen molar-refractivity contribution in [1.29, 1.82) is 0 Å². The fraction of sp³-hybridized carbons (Fsp3) is 0.263. The summed E-state index contributed by atoms with van der Waals surface area (Å²) in [4.78, 5) is 6.04. The molecule has 1 N–H and O–H groups in total. The average Bonchev–Trinajstić information content (AvgIpc) is 3.14. The monoisotopic (exact) mass is 354 g/mol. The summed E-state index contributed by atoms with van der Waals surface area (Å²) in [6.07, 6.45) is 4.72. The number of likely N-dealkylation sites (tertiary alicyclic amines) is 1. The molecule has 1 aromatic heterocycles. The van der Waals surface area contributed by atoms with Crippen molar-refractivity contribution >= 4 is 26.8 Å². The Bertz CT molecular complexity index is 778. The highest BCUT2D eigenvalue weighted by molar-refractivity contribution is 9.10. The molecule has 2 heterocycles. The van der Waals surface area contributed by atoms with Gasteiger partial charge in [0.2, 0.25) is 0 Å². The number of H-pyrrole nitrogens is 1. The second kappa shape index (κ2) is 5.90. The quantitative estimate of drug-likeness (QED) is 0.678. The lowest BCUT2D eigenvalue weighted by Crippen LogP contribution is -2.22. The number of hydrogen-bond acceptors (Lipinski definition) is 1. The molecule has 112 valence electrons. The highest BCUT2D eigenvalue weighted by Crippen LogP contribution is 2.37. The summed E-state index contributed by atoms with van der Waals surface area (Å²) < 4.78 is 1.15. The average molecular weight is 355 g/mol. The number of nitrogens with one attached hydrogen (secondary N) is 1. The summed E-state index contributed by atoms with van der Waals surface area (Å²) in [5.74, 6) is 0. The molecule has 1 saturated heterocycles. The largest absolute Gasteiger partial charge is 0.361 e. The number of fused-ring (bicyclic) bond motifs is 1. The molecule has 3 aromatic rings. The van der Waals surface area contributed by atoms with Crippen LogP contribution < -0.4 is 0 Å². The zero-order valence-electron chi connectivity index (χ0n) is 12.4. The number of rotatable bonds is 3. The van der Waals surface area contributed by atoms with Crippen molar-refractivity contribution < 1.29 is 0 Å². The summed E-state index contributed by atoms with van der Waals surface area (Å²) in [7, 11) is 0. The fourth-order valence-electron chi connectivity index (χ4n) is 3.58. The van der Waals surface area contributed by atoms with Crippen LogP contribution in [0.25, 0.3) is 10.9 Å². The first-order valence-corrected chi connectivity index (χ1v) is 8.65. The van der Waals surface area contributed by atoms with Crippen LogP contribution in [0, 0.1) is 0 Å². The van der Waals surface area contributed by atoms with Gasteiger partial charge < -0.3 is 4.98 Å². The van der Waals surface area contributed by atoms with E-state index in [9.17, 15) is 0 Å². The van der Waals surface area contributed by atoms with Gasteiger partial charge in [-0.2, -0.15) is 0 Å². The van der Waals surface area contributed by atoms with Gasteiger partial charge in [-0.1, -0.05) is 46.3 Å². The van der Waals surface area contributed by atoms with Crippen molar-refractivity contribution in [3.8, 4) is 0 Å². The topological polar surface area (TPSA) is 19.0 Å². The third kappa shape index (κ3) is 2.59. The molecule has 1 fully saturated rings. The lowest BCUT2D eigenvalue weighted by molar-refractivity contribution is 0.250. The van der Waals surface area contributed by atoms with E-state index in [-0.39, 0.29) is 0 Å². The summed E-state index contributed by atoms with van der Waals surface area (Å²) in [5.41, 5.74) is 4.06. The highest BCUT2D eigenvalue weighted by Gasteiger charge is 2.27. The van der Waals surface area contributed by atoms with Crippen molar-refractivity contribution in [2.45, 2.75) is 25.4 Å². The van der Waals surface area contributed by atoms with E-state index in [2.05, 4.69) is 80.5 Å². The van der Waals surface area contributed by atoms with Gasteiger partial charge in [0.25, 0.3) is 0 Å². The molecule has 0 saturated carbocycles. The van der Waals surface area contributed by atoms with E-state index in [0.717, 1.165) is 11.0 Å². The van der Waals surface area contributed by atoms with E-state index in [4.69, 9.17) is 0 Å². The first-order valence-electron chi connectivity index (χ1n) is 7.86. The van der Waals surface area contributed by atoms with Crippen LogP contribution in [-0.2, 0) is 6.54 Å². The number of nitrogens with zero attached hydrogens (tertiary/aromatic N) is 1.